The minimum absolute atomic E-state index is 0.371. The van der Waals surface area contributed by atoms with Crippen LogP contribution in [0.3, 0.4) is 0 Å². The molecule has 0 radical (unpaired) electrons. The van der Waals surface area contributed by atoms with Crippen LogP contribution in [0.15, 0.2) is 42.7 Å². The predicted molar refractivity (Wildman–Crippen MR) is 115 cm³/mol. The lowest BCUT2D eigenvalue weighted by Crippen LogP contribution is -2.68. The highest BCUT2D eigenvalue weighted by atomic mass is 15.3. The Balaban J connectivity index is 1.40. The van der Waals surface area contributed by atoms with Crippen LogP contribution in [0.2, 0.25) is 0 Å². The zero-order valence-electron chi connectivity index (χ0n) is 17.3. The van der Waals surface area contributed by atoms with Crippen molar-refractivity contribution in [2.75, 3.05) is 32.1 Å². The average molecular weight is 390 g/mol. The molecule has 1 aliphatic heterocycles. The molecule has 1 fully saturated rings. The number of hydrogen-bond acceptors (Lipinski definition) is 4. The van der Waals surface area contributed by atoms with Crippen LogP contribution in [-0.4, -0.2) is 52.2 Å². The number of anilines is 1. The summed E-state index contributed by atoms with van der Waals surface area (Å²) in [4.78, 5) is 17.8. The fourth-order valence-electron chi connectivity index (χ4n) is 4.82. The minimum atomic E-state index is 0.371. The van der Waals surface area contributed by atoms with Crippen molar-refractivity contribution in [2.45, 2.75) is 38.3 Å². The molecule has 4 heterocycles. The summed E-state index contributed by atoms with van der Waals surface area (Å²) in [6.07, 6.45) is 8.77. The number of imidazole rings is 1. The maximum Gasteiger partial charge on any atom is 0.171 e. The third-order valence-electron chi connectivity index (χ3n) is 6.37. The van der Waals surface area contributed by atoms with E-state index in [4.69, 9.17) is 9.97 Å². The molecule has 29 heavy (non-hydrogen) atoms. The normalized spacial score (nSPS) is 20.7. The van der Waals surface area contributed by atoms with Gasteiger partial charge in [-0.3, -0.25) is 19.3 Å². The average Bonchev–Trinajstić information content (AvgIpc) is 3.39. The number of nitrogens with one attached hydrogen (secondary N) is 1. The summed E-state index contributed by atoms with van der Waals surface area (Å²) in [6.45, 7) is 2.84. The van der Waals surface area contributed by atoms with Gasteiger partial charge < -0.3 is 4.90 Å². The topological polar surface area (TPSA) is 50.6 Å². The Kier molecular flexibility index (Phi) is 4.79. The van der Waals surface area contributed by atoms with Gasteiger partial charge in [-0.25, -0.2) is 4.98 Å². The molecule has 1 aliphatic carbocycles. The third-order valence-corrected chi connectivity index (χ3v) is 6.37. The number of rotatable bonds is 4. The fraction of sp³-hybridized carbons (Fsp3) is 0.435. The second kappa shape index (κ2) is 7.59. The quantitative estimate of drug-likeness (QED) is 0.737. The number of nitrogens with zero attached hydrogens (tertiary/aromatic N) is 5. The van der Waals surface area contributed by atoms with Crippen molar-refractivity contribution in [1.29, 1.82) is 0 Å². The van der Waals surface area contributed by atoms with Gasteiger partial charge in [0.2, 0.25) is 0 Å². The lowest BCUT2D eigenvalue weighted by molar-refractivity contribution is -0.421. The van der Waals surface area contributed by atoms with Crippen molar-refractivity contribution in [3.63, 3.8) is 0 Å². The molecule has 2 aliphatic rings. The molecule has 0 amide bonds. The molecule has 0 bridgehead atoms. The summed E-state index contributed by atoms with van der Waals surface area (Å²) in [5.41, 5.74) is 6.17. The predicted octanol–water partition coefficient (Wildman–Crippen LogP) is 1.60. The summed E-state index contributed by atoms with van der Waals surface area (Å²) in [6, 6.07) is 11.1. The summed E-state index contributed by atoms with van der Waals surface area (Å²) in [7, 11) is 4.22. The van der Waals surface area contributed by atoms with E-state index >= 15 is 0 Å². The van der Waals surface area contributed by atoms with E-state index in [0.29, 0.717) is 6.04 Å². The highest BCUT2D eigenvalue weighted by molar-refractivity contribution is 5.87. The third kappa shape index (κ3) is 3.42. The smallest absolute Gasteiger partial charge is 0.171 e. The Bertz CT molecular complexity index is 1050. The van der Waals surface area contributed by atoms with Crippen LogP contribution in [0.5, 0.6) is 0 Å². The van der Waals surface area contributed by atoms with Crippen molar-refractivity contribution in [2.24, 2.45) is 0 Å². The van der Waals surface area contributed by atoms with Crippen molar-refractivity contribution < 1.29 is 4.99 Å². The van der Waals surface area contributed by atoms with E-state index in [2.05, 4.69) is 62.8 Å². The number of aromatic nitrogens is 3. The molecular formula is C23H29N6+. The van der Waals surface area contributed by atoms with Crippen LogP contribution in [0.25, 0.3) is 5.65 Å². The fourth-order valence-corrected chi connectivity index (χ4v) is 4.82. The van der Waals surface area contributed by atoms with Gasteiger partial charge in [-0.1, -0.05) is 12.1 Å². The first-order valence-corrected chi connectivity index (χ1v) is 10.6. The molecule has 3 aromatic rings. The Labute approximate surface area is 171 Å². The van der Waals surface area contributed by atoms with Gasteiger partial charge in [-0.05, 0) is 50.1 Å². The first-order valence-electron chi connectivity index (χ1n) is 10.6. The van der Waals surface area contributed by atoms with Crippen LogP contribution in [-0.2, 0) is 13.0 Å². The molecule has 0 aromatic carbocycles. The molecule has 6 nitrogen and oxygen atoms in total. The van der Waals surface area contributed by atoms with E-state index in [9.17, 15) is 0 Å². The molecule has 5 rings (SSSR count). The highest BCUT2D eigenvalue weighted by Gasteiger charge is 2.26. The van der Waals surface area contributed by atoms with Crippen molar-refractivity contribution in [3.05, 3.63) is 59.7 Å². The second-order valence-corrected chi connectivity index (χ2v) is 8.24. The maximum atomic E-state index is 4.93. The first-order chi connectivity index (χ1) is 14.2. The van der Waals surface area contributed by atoms with Gasteiger partial charge in [-0.15, -0.1) is 0 Å². The van der Waals surface area contributed by atoms with Crippen molar-refractivity contribution in [1.82, 2.24) is 19.3 Å². The molecule has 1 saturated heterocycles. The van der Waals surface area contributed by atoms with Gasteiger partial charge in [0.15, 0.2) is 5.71 Å². The minimum Gasteiger partial charge on any atom is -0.347 e. The molecule has 0 unspecified atom stereocenters. The molecule has 6 heteroatoms. The van der Waals surface area contributed by atoms with Crippen LogP contribution >= 0.6 is 0 Å². The van der Waals surface area contributed by atoms with E-state index in [1.807, 2.05) is 13.2 Å². The Morgan fingerprint density at radius 3 is 3.00 bits per heavy atom. The molecule has 0 saturated carbocycles. The van der Waals surface area contributed by atoms with E-state index in [0.717, 1.165) is 50.2 Å². The van der Waals surface area contributed by atoms with Gasteiger partial charge >= 0.3 is 0 Å². The summed E-state index contributed by atoms with van der Waals surface area (Å²) >= 11 is 0. The van der Waals surface area contributed by atoms with Gasteiger partial charge in [0.1, 0.15) is 18.5 Å². The van der Waals surface area contributed by atoms with Gasteiger partial charge in [0.05, 0.1) is 24.0 Å². The molecule has 0 spiro atoms. The van der Waals surface area contributed by atoms with Crippen LogP contribution < -0.4 is 9.89 Å². The van der Waals surface area contributed by atoms with Gasteiger partial charge in [-0.2, -0.15) is 0 Å². The lowest BCUT2D eigenvalue weighted by Gasteiger charge is -2.31. The maximum absolute atomic E-state index is 4.93. The first kappa shape index (κ1) is 18.3. The molecular weight excluding hydrogens is 360 g/mol. The zero-order valence-corrected chi connectivity index (χ0v) is 17.3. The standard InChI is InChI=1S/C23H28N6/c1-24-18-11-13-28(15-18)22-10-4-9-21-26-19(16-29(21)22)14-27(2)20-8-3-6-17-7-5-12-25-23(17)20/h4-5,7,9-10,12,16,20H,3,6,8,11,13-15H2,1-2H3/p+1/t20-/m0/s1. The van der Waals surface area contributed by atoms with E-state index in [1.54, 1.807) is 0 Å². The SMILES string of the molecule is C[NH+]=C1CCN(c2cccc3nc(CN(C)[C@H]4CCCc5cccnc54)cn23)C1. The van der Waals surface area contributed by atoms with Crippen LogP contribution in [0.1, 0.15) is 42.3 Å². The largest absolute Gasteiger partial charge is 0.347 e. The van der Waals surface area contributed by atoms with E-state index in [1.165, 1.54) is 29.2 Å². The van der Waals surface area contributed by atoms with E-state index in [-0.39, 0.29) is 0 Å². The van der Waals surface area contributed by atoms with E-state index < -0.39 is 0 Å². The highest BCUT2D eigenvalue weighted by Crippen LogP contribution is 2.32. The molecule has 1 N–H and O–H groups in total. The van der Waals surface area contributed by atoms with Crippen LogP contribution in [0, 0.1) is 0 Å². The summed E-state index contributed by atoms with van der Waals surface area (Å²) in [5.74, 6) is 1.22. The molecule has 1 atom stereocenters. The zero-order chi connectivity index (χ0) is 19.8. The van der Waals surface area contributed by atoms with Crippen molar-refractivity contribution >= 4 is 17.2 Å². The van der Waals surface area contributed by atoms with Gasteiger partial charge in [0.25, 0.3) is 0 Å². The lowest BCUT2D eigenvalue weighted by atomic mass is 9.91. The summed E-state index contributed by atoms with van der Waals surface area (Å²) < 4.78 is 2.24. The Morgan fingerprint density at radius 2 is 2.14 bits per heavy atom. The number of hydrogen-bond donors (Lipinski definition) is 1. The van der Waals surface area contributed by atoms with Crippen molar-refractivity contribution in [3.8, 4) is 0 Å². The molecule has 3 aromatic heterocycles. The monoisotopic (exact) mass is 389 g/mol. The Hall–Kier alpha value is -2.73. The second-order valence-electron chi connectivity index (χ2n) is 8.24. The Morgan fingerprint density at radius 1 is 1.21 bits per heavy atom. The number of aryl methyl sites for hydroxylation is 1. The van der Waals surface area contributed by atoms with Gasteiger partial charge in [0, 0.05) is 31.9 Å². The van der Waals surface area contributed by atoms with Crippen LogP contribution in [0.4, 0.5) is 5.82 Å². The number of pyridine rings is 2. The summed E-state index contributed by atoms with van der Waals surface area (Å²) in [5, 5.41) is 0. The molecule has 150 valence electrons. The number of fused-ring (bicyclic) bond motifs is 2.